The highest BCUT2D eigenvalue weighted by Crippen LogP contribution is 2.28. The Labute approximate surface area is 145 Å². The third-order valence-electron chi connectivity index (χ3n) is 3.54. The largest absolute Gasteiger partial charge is 0.341 e. The number of amides is 3. The van der Waals surface area contributed by atoms with Crippen LogP contribution in [0.1, 0.15) is 26.3 Å². The van der Waals surface area contributed by atoms with Crippen LogP contribution in [-0.4, -0.2) is 39.5 Å². The average molecular weight is 347 g/mol. The van der Waals surface area contributed by atoms with Crippen LogP contribution in [0.25, 0.3) is 11.4 Å². The van der Waals surface area contributed by atoms with Crippen molar-refractivity contribution in [3.05, 3.63) is 30.3 Å². The molecule has 0 aliphatic heterocycles. The lowest BCUT2D eigenvalue weighted by Gasteiger charge is -2.16. The van der Waals surface area contributed by atoms with Crippen molar-refractivity contribution < 1.29 is 9.59 Å². The molecule has 8 heteroatoms. The van der Waals surface area contributed by atoms with E-state index in [1.54, 1.807) is 0 Å². The van der Waals surface area contributed by atoms with E-state index in [1.165, 1.54) is 18.8 Å². The van der Waals surface area contributed by atoms with E-state index < -0.39 is 6.03 Å². The van der Waals surface area contributed by atoms with Gasteiger partial charge in [-0.15, -0.1) is 10.2 Å². The predicted octanol–water partition coefficient (Wildman–Crippen LogP) is 2.46. The second-order valence-electron chi connectivity index (χ2n) is 5.22. The number of hydrogen-bond acceptors (Lipinski definition) is 5. The van der Waals surface area contributed by atoms with Crippen LogP contribution in [0.4, 0.5) is 4.79 Å². The number of carbonyl (C=O) groups excluding carboxylic acids is 2. The smallest absolute Gasteiger partial charge is 0.321 e. The number of thioether (sulfide) groups is 1. The van der Waals surface area contributed by atoms with Gasteiger partial charge in [0.2, 0.25) is 5.91 Å². The maximum atomic E-state index is 11.8. The molecule has 128 valence electrons. The fourth-order valence-electron chi connectivity index (χ4n) is 2.09. The maximum Gasteiger partial charge on any atom is 0.321 e. The van der Waals surface area contributed by atoms with Crippen molar-refractivity contribution in [2.75, 3.05) is 12.8 Å². The summed E-state index contributed by atoms with van der Waals surface area (Å²) < 4.78 is 2.03. The van der Waals surface area contributed by atoms with Crippen LogP contribution in [0, 0.1) is 0 Å². The molecule has 2 rings (SSSR count). The van der Waals surface area contributed by atoms with Crippen molar-refractivity contribution in [3.63, 3.8) is 0 Å². The molecular weight excluding hydrogens is 326 g/mol. The van der Waals surface area contributed by atoms with Crippen molar-refractivity contribution >= 4 is 23.7 Å². The van der Waals surface area contributed by atoms with Crippen molar-refractivity contribution in [2.45, 2.75) is 31.5 Å². The van der Waals surface area contributed by atoms with Gasteiger partial charge in [0.05, 0.1) is 5.75 Å². The van der Waals surface area contributed by atoms with E-state index in [1.807, 2.05) is 34.9 Å². The number of carbonyl (C=O) groups is 2. The minimum atomic E-state index is -0.519. The van der Waals surface area contributed by atoms with Crippen LogP contribution in [0.15, 0.2) is 35.5 Å². The van der Waals surface area contributed by atoms with Crippen molar-refractivity contribution in [1.82, 2.24) is 25.4 Å². The van der Waals surface area contributed by atoms with Gasteiger partial charge in [-0.25, -0.2) is 4.79 Å². The van der Waals surface area contributed by atoms with Gasteiger partial charge in [0.25, 0.3) is 0 Å². The summed E-state index contributed by atoms with van der Waals surface area (Å²) in [6.45, 7) is 4.18. The lowest BCUT2D eigenvalue weighted by molar-refractivity contribution is -0.117. The molecule has 1 aromatic heterocycles. The number of hydrogen-bond donors (Lipinski definition) is 2. The number of nitrogens with zero attached hydrogens (tertiary/aromatic N) is 3. The van der Waals surface area contributed by atoms with Gasteiger partial charge in [0.1, 0.15) is 0 Å². The summed E-state index contributed by atoms with van der Waals surface area (Å²) in [7, 11) is 1.46. The Balaban J connectivity index is 2.20. The molecule has 0 aliphatic rings. The minimum absolute atomic E-state index is 0.0940. The molecule has 0 saturated carbocycles. The van der Waals surface area contributed by atoms with Crippen LogP contribution in [0.3, 0.4) is 0 Å². The highest BCUT2D eigenvalue weighted by molar-refractivity contribution is 7.99. The molecule has 0 radical (unpaired) electrons. The van der Waals surface area contributed by atoms with Crippen LogP contribution in [0.2, 0.25) is 0 Å². The Bertz CT molecular complexity index is 702. The van der Waals surface area contributed by atoms with Gasteiger partial charge in [0.15, 0.2) is 11.0 Å². The molecule has 0 bridgehead atoms. The summed E-state index contributed by atoms with van der Waals surface area (Å²) in [5, 5.41) is 13.8. The Hall–Kier alpha value is -2.35. The van der Waals surface area contributed by atoms with Gasteiger partial charge >= 0.3 is 6.03 Å². The lowest BCUT2D eigenvalue weighted by atomic mass is 10.2. The second-order valence-corrected chi connectivity index (χ2v) is 6.16. The molecule has 2 aromatic rings. The number of aromatic nitrogens is 3. The predicted molar refractivity (Wildman–Crippen MR) is 93.8 cm³/mol. The van der Waals surface area contributed by atoms with Crippen molar-refractivity contribution in [1.29, 1.82) is 0 Å². The highest BCUT2D eigenvalue weighted by atomic mass is 32.2. The summed E-state index contributed by atoms with van der Waals surface area (Å²) in [5.74, 6) is 0.495. The molecule has 24 heavy (non-hydrogen) atoms. The zero-order valence-corrected chi connectivity index (χ0v) is 14.8. The molecule has 7 nitrogen and oxygen atoms in total. The van der Waals surface area contributed by atoms with Gasteiger partial charge in [0, 0.05) is 18.7 Å². The Morgan fingerprint density at radius 2 is 1.96 bits per heavy atom. The first kappa shape index (κ1) is 18.0. The molecule has 0 fully saturated rings. The quantitative estimate of drug-likeness (QED) is 0.784. The highest BCUT2D eigenvalue weighted by Gasteiger charge is 2.19. The van der Waals surface area contributed by atoms with E-state index in [2.05, 4.69) is 34.7 Å². The van der Waals surface area contributed by atoms with Gasteiger partial charge in [-0.05, 0) is 13.3 Å². The molecule has 1 unspecified atom stereocenters. The third kappa shape index (κ3) is 4.35. The first-order valence-corrected chi connectivity index (χ1v) is 8.70. The van der Waals surface area contributed by atoms with Crippen LogP contribution in [-0.2, 0) is 4.79 Å². The molecule has 1 aromatic carbocycles. The fourth-order valence-corrected chi connectivity index (χ4v) is 2.93. The van der Waals surface area contributed by atoms with E-state index in [9.17, 15) is 9.59 Å². The lowest BCUT2D eigenvalue weighted by Crippen LogP contribution is -2.38. The number of benzene rings is 1. The zero-order valence-electron chi connectivity index (χ0n) is 13.9. The fraction of sp³-hybridized carbons (Fsp3) is 0.375. The standard InChI is InChI=1S/C16H21N5O2S/c1-4-11(2)21-14(12-8-6-5-7-9-12)19-20-16(21)24-10-13(22)18-15(23)17-3/h5-9,11H,4,10H2,1-3H3,(H2,17,18,22,23). The first-order valence-electron chi connectivity index (χ1n) is 7.71. The van der Waals surface area contributed by atoms with Crippen LogP contribution < -0.4 is 10.6 Å². The minimum Gasteiger partial charge on any atom is -0.341 e. The summed E-state index contributed by atoms with van der Waals surface area (Å²) >= 11 is 1.26. The normalized spacial score (nSPS) is 11.8. The summed E-state index contributed by atoms with van der Waals surface area (Å²) in [6.07, 6.45) is 0.913. The summed E-state index contributed by atoms with van der Waals surface area (Å²) in [4.78, 5) is 22.9. The maximum absolute atomic E-state index is 11.8. The molecule has 0 aliphatic carbocycles. The number of imide groups is 1. The summed E-state index contributed by atoms with van der Waals surface area (Å²) in [5.41, 5.74) is 0.979. The van der Waals surface area contributed by atoms with Crippen LogP contribution in [0.5, 0.6) is 0 Å². The molecule has 1 atom stereocenters. The number of rotatable bonds is 6. The molecule has 0 spiro atoms. The molecule has 1 heterocycles. The van der Waals surface area contributed by atoms with Crippen molar-refractivity contribution in [3.8, 4) is 11.4 Å². The first-order chi connectivity index (χ1) is 11.6. The third-order valence-corrected chi connectivity index (χ3v) is 4.48. The van der Waals surface area contributed by atoms with Crippen LogP contribution >= 0.6 is 11.8 Å². The van der Waals surface area contributed by atoms with E-state index in [-0.39, 0.29) is 17.7 Å². The molecular formula is C16H21N5O2S. The van der Waals surface area contributed by atoms with E-state index >= 15 is 0 Å². The van der Waals surface area contributed by atoms with E-state index in [0.717, 1.165) is 17.8 Å². The molecule has 2 N–H and O–H groups in total. The monoisotopic (exact) mass is 347 g/mol. The Kier molecular flexibility index (Phi) is 6.36. The van der Waals surface area contributed by atoms with Gasteiger partial charge < -0.3 is 5.32 Å². The van der Waals surface area contributed by atoms with Gasteiger partial charge in [-0.1, -0.05) is 49.0 Å². The SMILES string of the molecule is CCC(C)n1c(SCC(=O)NC(=O)NC)nnc1-c1ccccc1. The number of nitrogens with one attached hydrogen (secondary N) is 2. The summed E-state index contributed by atoms with van der Waals surface area (Å²) in [6, 6.07) is 9.49. The van der Waals surface area contributed by atoms with Gasteiger partial charge in [-0.3, -0.25) is 14.7 Å². The molecule has 0 saturated heterocycles. The number of urea groups is 1. The Morgan fingerprint density at radius 1 is 1.25 bits per heavy atom. The van der Waals surface area contributed by atoms with E-state index in [4.69, 9.17) is 0 Å². The Morgan fingerprint density at radius 3 is 2.58 bits per heavy atom. The average Bonchev–Trinajstić information content (AvgIpc) is 3.03. The zero-order chi connectivity index (χ0) is 17.5. The van der Waals surface area contributed by atoms with E-state index in [0.29, 0.717) is 5.16 Å². The second kappa shape index (κ2) is 8.49. The molecule has 3 amide bonds. The van der Waals surface area contributed by atoms with Gasteiger partial charge in [-0.2, -0.15) is 0 Å². The van der Waals surface area contributed by atoms with Crippen molar-refractivity contribution in [2.24, 2.45) is 0 Å². The topological polar surface area (TPSA) is 88.9 Å².